The van der Waals surface area contributed by atoms with Gasteiger partial charge in [-0.2, -0.15) is 0 Å². The van der Waals surface area contributed by atoms with Gasteiger partial charge in [-0.1, -0.05) is 6.07 Å². The number of nitrogens with zero attached hydrogens (tertiary/aromatic N) is 2. The molecule has 0 bridgehead atoms. The van der Waals surface area contributed by atoms with Crippen molar-refractivity contribution in [2.75, 3.05) is 32.7 Å². The highest BCUT2D eigenvalue weighted by molar-refractivity contribution is 5.94. The molecule has 2 heterocycles. The predicted molar refractivity (Wildman–Crippen MR) is 77.0 cm³/mol. The lowest BCUT2D eigenvalue weighted by Crippen LogP contribution is -2.49. The van der Waals surface area contributed by atoms with Crippen molar-refractivity contribution >= 4 is 11.9 Å². The summed E-state index contributed by atoms with van der Waals surface area (Å²) in [5.74, 6) is -0.777. The Morgan fingerprint density at radius 1 is 1.10 bits per heavy atom. The van der Waals surface area contributed by atoms with E-state index in [1.807, 2.05) is 28.0 Å². The van der Waals surface area contributed by atoms with Crippen LogP contribution < -0.4 is 5.32 Å². The Morgan fingerprint density at radius 2 is 1.81 bits per heavy atom. The molecule has 0 atom stereocenters. The molecule has 1 saturated heterocycles. The summed E-state index contributed by atoms with van der Waals surface area (Å²) in [6.45, 7) is 4.14. The van der Waals surface area contributed by atoms with Gasteiger partial charge in [0.05, 0.1) is 6.54 Å². The lowest BCUT2D eigenvalue weighted by molar-refractivity contribution is -0.138. The summed E-state index contributed by atoms with van der Waals surface area (Å²) >= 11 is 0. The van der Waals surface area contributed by atoms with Gasteiger partial charge in [0.1, 0.15) is 0 Å². The molecule has 3 rings (SSSR count). The van der Waals surface area contributed by atoms with E-state index in [1.54, 1.807) is 0 Å². The average molecular weight is 289 g/mol. The molecule has 6 heteroatoms. The molecular formula is C15H19N3O3. The van der Waals surface area contributed by atoms with E-state index in [9.17, 15) is 9.59 Å². The predicted octanol–water partition coefficient (Wildman–Crippen LogP) is 0.132. The monoisotopic (exact) mass is 289 g/mol. The second-order valence-corrected chi connectivity index (χ2v) is 5.55. The minimum Gasteiger partial charge on any atom is -0.480 e. The third-order valence-electron chi connectivity index (χ3n) is 4.10. The van der Waals surface area contributed by atoms with E-state index in [1.165, 1.54) is 11.1 Å². The fraction of sp³-hybridized carbons (Fsp3) is 0.467. The van der Waals surface area contributed by atoms with Crippen LogP contribution in [0.15, 0.2) is 18.2 Å². The van der Waals surface area contributed by atoms with Crippen molar-refractivity contribution in [2.45, 2.75) is 13.1 Å². The molecule has 112 valence electrons. The van der Waals surface area contributed by atoms with Gasteiger partial charge in [-0.3, -0.25) is 14.5 Å². The number of hydrogen-bond acceptors (Lipinski definition) is 4. The van der Waals surface area contributed by atoms with Crippen LogP contribution in [-0.2, 0) is 17.9 Å². The normalized spacial score (nSPS) is 18.6. The van der Waals surface area contributed by atoms with Gasteiger partial charge in [0.15, 0.2) is 0 Å². The van der Waals surface area contributed by atoms with Crippen molar-refractivity contribution in [3.8, 4) is 0 Å². The van der Waals surface area contributed by atoms with E-state index in [4.69, 9.17) is 5.11 Å². The number of carboxylic acid groups (broad SMARTS) is 1. The van der Waals surface area contributed by atoms with Crippen LogP contribution in [0.25, 0.3) is 0 Å². The molecule has 1 aromatic carbocycles. The van der Waals surface area contributed by atoms with Gasteiger partial charge < -0.3 is 15.3 Å². The second kappa shape index (κ2) is 5.83. The van der Waals surface area contributed by atoms with Crippen LogP contribution in [0, 0.1) is 0 Å². The number of fused-ring (bicyclic) bond motifs is 1. The van der Waals surface area contributed by atoms with Crippen LogP contribution in [0.5, 0.6) is 0 Å². The molecule has 1 amide bonds. The molecule has 0 aromatic heterocycles. The van der Waals surface area contributed by atoms with E-state index in [-0.39, 0.29) is 12.5 Å². The van der Waals surface area contributed by atoms with E-state index in [0.717, 1.165) is 18.7 Å². The van der Waals surface area contributed by atoms with Crippen LogP contribution >= 0.6 is 0 Å². The summed E-state index contributed by atoms with van der Waals surface area (Å²) in [7, 11) is 0. The molecule has 0 aliphatic carbocycles. The number of amides is 1. The van der Waals surface area contributed by atoms with Gasteiger partial charge in [-0.25, -0.2) is 0 Å². The maximum absolute atomic E-state index is 12.5. The maximum Gasteiger partial charge on any atom is 0.317 e. The Hall–Kier alpha value is -1.92. The number of carbonyl (C=O) groups excluding carboxylic acids is 1. The van der Waals surface area contributed by atoms with E-state index in [0.29, 0.717) is 26.2 Å². The standard InChI is InChI=1S/C15H19N3O3/c19-14(20)10-17-3-5-18(6-4-17)15(21)11-1-2-12-8-16-9-13(12)7-11/h1-2,7,16H,3-6,8-10H2,(H,19,20). The molecule has 2 N–H and O–H groups in total. The van der Waals surface area contributed by atoms with Crippen molar-refractivity contribution in [1.82, 2.24) is 15.1 Å². The fourth-order valence-corrected chi connectivity index (χ4v) is 2.91. The highest BCUT2D eigenvalue weighted by Crippen LogP contribution is 2.18. The Morgan fingerprint density at radius 3 is 2.52 bits per heavy atom. The minimum absolute atomic E-state index is 0.0414. The second-order valence-electron chi connectivity index (χ2n) is 5.55. The highest BCUT2D eigenvalue weighted by Gasteiger charge is 2.24. The molecule has 21 heavy (non-hydrogen) atoms. The third kappa shape index (κ3) is 3.06. The number of piperazine rings is 1. The molecule has 0 radical (unpaired) electrons. The molecule has 0 unspecified atom stereocenters. The van der Waals surface area contributed by atoms with E-state index >= 15 is 0 Å². The third-order valence-corrected chi connectivity index (χ3v) is 4.10. The number of benzene rings is 1. The van der Waals surface area contributed by atoms with E-state index < -0.39 is 5.97 Å². The van der Waals surface area contributed by atoms with Gasteiger partial charge >= 0.3 is 5.97 Å². The van der Waals surface area contributed by atoms with Crippen LogP contribution in [0.2, 0.25) is 0 Å². The van der Waals surface area contributed by atoms with Crippen LogP contribution in [0.4, 0.5) is 0 Å². The molecule has 1 aromatic rings. The zero-order chi connectivity index (χ0) is 14.8. The van der Waals surface area contributed by atoms with Gasteiger partial charge in [0.2, 0.25) is 0 Å². The zero-order valence-electron chi connectivity index (χ0n) is 11.8. The smallest absolute Gasteiger partial charge is 0.317 e. The topological polar surface area (TPSA) is 72.9 Å². The van der Waals surface area contributed by atoms with Crippen molar-refractivity contribution in [3.05, 3.63) is 34.9 Å². The molecular weight excluding hydrogens is 270 g/mol. The zero-order valence-corrected chi connectivity index (χ0v) is 11.8. The SMILES string of the molecule is O=C(O)CN1CCN(C(=O)c2ccc3c(c2)CNC3)CC1. The first kappa shape index (κ1) is 14.0. The maximum atomic E-state index is 12.5. The molecule has 0 saturated carbocycles. The minimum atomic E-state index is -0.819. The summed E-state index contributed by atoms with van der Waals surface area (Å²) in [5.41, 5.74) is 3.19. The van der Waals surface area contributed by atoms with Crippen LogP contribution in [0.1, 0.15) is 21.5 Å². The summed E-state index contributed by atoms with van der Waals surface area (Å²) in [4.78, 5) is 26.9. The summed E-state index contributed by atoms with van der Waals surface area (Å²) in [6.07, 6.45) is 0. The first-order chi connectivity index (χ1) is 10.1. The lowest BCUT2D eigenvalue weighted by atomic mass is 10.1. The Labute approximate surface area is 123 Å². The molecule has 0 spiro atoms. The summed E-state index contributed by atoms with van der Waals surface area (Å²) in [5, 5.41) is 12.1. The molecule has 6 nitrogen and oxygen atoms in total. The van der Waals surface area contributed by atoms with Gasteiger partial charge in [0, 0.05) is 44.8 Å². The number of carbonyl (C=O) groups is 2. The first-order valence-electron chi connectivity index (χ1n) is 7.19. The summed E-state index contributed by atoms with van der Waals surface area (Å²) < 4.78 is 0. The number of nitrogens with one attached hydrogen (secondary N) is 1. The van der Waals surface area contributed by atoms with E-state index in [2.05, 4.69) is 5.32 Å². The fourth-order valence-electron chi connectivity index (χ4n) is 2.91. The van der Waals surface area contributed by atoms with Gasteiger partial charge in [0.25, 0.3) is 5.91 Å². The van der Waals surface area contributed by atoms with Crippen LogP contribution in [0.3, 0.4) is 0 Å². The number of carboxylic acids is 1. The number of hydrogen-bond donors (Lipinski definition) is 2. The van der Waals surface area contributed by atoms with Crippen LogP contribution in [-0.4, -0.2) is 59.5 Å². The number of aliphatic carboxylic acids is 1. The van der Waals surface area contributed by atoms with Gasteiger partial charge in [-0.15, -0.1) is 0 Å². The quantitative estimate of drug-likeness (QED) is 0.827. The molecule has 2 aliphatic heterocycles. The van der Waals surface area contributed by atoms with Crippen molar-refractivity contribution in [3.63, 3.8) is 0 Å². The lowest BCUT2D eigenvalue weighted by Gasteiger charge is -2.33. The number of rotatable bonds is 3. The highest BCUT2D eigenvalue weighted by atomic mass is 16.4. The Bertz CT molecular complexity index is 565. The summed E-state index contributed by atoms with van der Waals surface area (Å²) in [6, 6.07) is 5.88. The van der Waals surface area contributed by atoms with Crippen molar-refractivity contribution in [2.24, 2.45) is 0 Å². The first-order valence-corrected chi connectivity index (χ1v) is 7.19. The molecule has 1 fully saturated rings. The molecule has 2 aliphatic rings. The van der Waals surface area contributed by atoms with Crippen molar-refractivity contribution in [1.29, 1.82) is 0 Å². The van der Waals surface area contributed by atoms with Crippen molar-refractivity contribution < 1.29 is 14.7 Å². The largest absolute Gasteiger partial charge is 0.480 e. The average Bonchev–Trinajstić information content (AvgIpc) is 2.94. The Balaban J connectivity index is 1.63. The van der Waals surface area contributed by atoms with Gasteiger partial charge in [-0.05, 0) is 23.3 Å². The Kier molecular flexibility index (Phi) is 3.90.